The van der Waals surface area contributed by atoms with E-state index in [2.05, 4.69) is 32.7 Å². The number of aromatic nitrogens is 3. The van der Waals surface area contributed by atoms with E-state index in [-0.39, 0.29) is 0 Å². The molecule has 0 unspecified atom stereocenters. The van der Waals surface area contributed by atoms with Crippen LogP contribution in [-0.4, -0.2) is 33.3 Å². The smallest absolute Gasteiger partial charge is 0.137 e. The molecule has 124 valence electrons. The molecule has 0 radical (unpaired) electrons. The molecule has 0 N–H and O–H groups in total. The van der Waals surface area contributed by atoms with E-state index in [0.29, 0.717) is 0 Å². The zero-order valence-electron chi connectivity index (χ0n) is 13.9. The van der Waals surface area contributed by atoms with Crippen LogP contribution in [-0.2, 0) is 12.8 Å². The number of rotatable bonds is 1. The molecule has 0 amide bonds. The van der Waals surface area contributed by atoms with Gasteiger partial charge >= 0.3 is 0 Å². The summed E-state index contributed by atoms with van der Waals surface area (Å²) in [6.45, 7) is 4.85. The van der Waals surface area contributed by atoms with Crippen LogP contribution in [0.15, 0.2) is 28.9 Å². The predicted molar refractivity (Wildman–Crippen MR) is 97.7 cm³/mol. The van der Waals surface area contributed by atoms with Crippen LogP contribution in [0.1, 0.15) is 29.7 Å². The van der Waals surface area contributed by atoms with E-state index in [0.717, 1.165) is 57.9 Å². The number of benzene rings is 1. The Hall–Kier alpha value is -1.78. The van der Waals surface area contributed by atoms with Crippen LogP contribution in [0.4, 0.5) is 0 Å². The van der Waals surface area contributed by atoms with Crippen molar-refractivity contribution in [3.63, 3.8) is 0 Å². The second-order valence-corrected chi connectivity index (χ2v) is 7.27. The van der Waals surface area contributed by atoms with Crippen LogP contribution in [0.5, 0.6) is 0 Å². The van der Waals surface area contributed by atoms with Crippen molar-refractivity contribution in [2.24, 2.45) is 0 Å². The molecule has 0 atom stereocenters. The zero-order chi connectivity index (χ0) is 17.0. The normalized spacial score (nSPS) is 16.9. The Labute approximate surface area is 151 Å². The Kier molecular flexibility index (Phi) is 3.70. The third-order valence-electron chi connectivity index (χ3n) is 4.78. The lowest BCUT2D eigenvalue weighted by Crippen LogP contribution is -2.20. The number of halogens is 2. The minimum Gasteiger partial charge on any atom is -0.375 e. The lowest BCUT2D eigenvalue weighted by molar-refractivity contribution is 0.509. The van der Waals surface area contributed by atoms with Gasteiger partial charge in [-0.25, -0.2) is 0 Å². The Bertz CT molecular complexity index is 908. The lowest BCUT2D eigenvalue weighted by Gasteiger charge is -2.27. The summed E-state index contributed by atoms with van der Waals surface area (Å²) in [5.41, 5.74) is 5.74. The van der Waals surface area contributed by atoms with Gasteiger partial charge in [0.2, 0.25) is 0 Å². The molecule has 4 nitrogen and oxygen atoms in total. The molecule has 0 aliphatic carbocycles. The van der Waals surface area contributed by atoms with Gasteiger partial charge in [0.25, 0.3) is 0 Å². The van der Waals surface area contributed by atoms with E-state index >= 15 is 0 Å². The summed E-state index contributed by atoms with van der Waals surface area (Å²) in [5, 5.41) is 9.97. The first kappa shape index (κ1) is 15.7. The summed E-state index contributed by atoms with van der Waals surface area (Å²) in [4.78, 5) is 2.10. The maximum Gasteiger partial charge on any atom is 0.137 e. The maximum atomic E-state index is 6.68. The van der Waals surface area contributed by atoms with E-state index in [1.54, 1.807) is 0 Å². The molecule has 2 aliphatic heterocycles. The highest BCUT2D eigenvalue weighted by atomic mass is 35.5. The highest BCUT2D eigenvalue weighted by Gasteiger charge is 2.24. The minimum absolute atomic E-state index is 0.736. The summed E-state index contributed by atoms with van der Waals surface area (Å²) in [6.07, 6.45) is 3.77. The molecule has 24 heavy (non-hydrogen) atoms. The monoisotopic (exact) mass is 360 g/mol. The van der Waals surface area contributed by atoms with Crippen molar-refractivity contribution in [2.45, 2.75) is 26.7 Å². The van der Waals surface area contributed by atoms with Crippen molar-refractivity contribution in [3.05, 3.63) is 56.7 Å². The van der Waals surface area contributed by atoms with Gasteiger partial charge in [0, 0.05) is 26.2 Å². The van der Waals surface area contributed by atoms with Gasteiger partial charge in [0.05, 0.1) is 15.7 Å². The average Bonchev–Trinajstić information content (AvgIpc) is 2.92. The molecule has 6 heteroatoms. The number of fused-ring (bicyclic) bond motifs is 3. The fourth-order valence-electron chi connectivity index (χ4n) is 3.53. The van der Waals surface area contributed by atoms with Gasteiger partial charge in [-0.2, -0.15) is 0 Å². The lowest BCUT2D eigenvalue weighted by atomic mass is 9.93. The van der Waals surface area contributed by atoms with Crippen LogP contribution in [0, 0.1) is 6.92 Å². The van der Waals surface area contributed by atoms with Gasteiger partial charge in [-0.1, -0.05) is 23.2 Å². The number of hydrogen-bond acceptors (Lipinski definition) is 3. The Balaban J connectivity index is 1.88. The summed E-state index contributed by atoms with van der Waals surface area (Å²) in [6, 6.07) is 4.28. The Morgan fingerprint density at radius 3 is 2.67 bits per heavy atom. The van der Waals surface area contributed by atoms with Crippen LogP contribution in [0.3, 0.4) is 0 Å². The van der Waals surface area contributed by atoms with Crippen molar-refractivity contribution < 1.29 is 0 Å². The van der Waals surface area contributed by atoms with Gasteiger partial charge in [-0.3, -0.25) is 4.57 Å². The van der Waals surface area contributed by atoms with E-state index in [1.165, 1.54) is 11.1 Å². The molecule has 2 aromatic rings. The largest absolute Gasteiger partial charge is 0.375 e. The molecule has 4 rings (SSSR count). The summed E-state index contributed by atoms with van der Waals surface area (Å²) in [7, 11) is 2.03. The quantitative estimate of drug-likeness (QED) is 0.766. The van der Waals surface area contributed by atoms with Crippen molar-refractivity contribution in [2.75, 3.05) is 13.6 Å². The molecular weight excluding hydrogens is 343 g/mol. The predicted octanol–water partition coefficient (Wildman–Crippen LogP) is 4.13. The topological polar surface area (TPSA) is 34.0 Å². The molecule has 0 bridgehead atoms. The van der Waals surface area contributed by atoms with Gasteiger partial charge in [0.15, 0.2) is 0 Å². The van der Waals surface area contributed by atoms with Crippen LogP contribution in [0.25, 0.3) is 11.3 Å². The van der Waals surface area contributed by atoms with Crippen molar-refractivity contribution in [1.29, 1.82) is 0 Å². The first-order valence-electron chi connectivity index (χ1n) is 7.97. The highest BCUT2D eigenvalue weighted by Crippen LogP contribution is 2.37. The molecule has 0 saturated heterocycles. The zero-order valence-corrected chi connectivity index (χ0v) is 15.4. The molecule has 1 aromatic carbocycles. The molecular formula is C18H18Cl2N4. The number of aryl methyl sites for hydroxylation is 3. The molecule has 0 fully saturated rings. The third-order valence-corrected chi connectivity index (χ3v) is 5.45. The number of hydrogen-bond donors (Lipinski definition) is 0. The van der Waals surface area contributed by atoms with Crippen molar-refractivity contribution >= 4 is 28.8 Å². The van der Waals surface area contributed by atoms with Crippen molar-refractivity contribution in [1.82, 2.24) is 19.7 Å². The fourth-order valence-corrected chi connectivity index (χ4v) is 4.14. The molecule has 2 aliphatic rings. The van der Waals surface area contributed by atoms with E-state index in [1.807, 2.05) is 26.2 Å². The Morgan fingerprint density at radius 1 is 1.08 bits per heavy atom. The standard InChI is InChI=1S/C18H18Cl2N4/c1-10-14(8-23(3)9-16(10)20)13-6-12-4-5-17-22-21-11(2)24(17)18(12)15(19)7-13/h6-7,9H,4-5,8H2,1-3H3. The SMILES string of the molecule is CC1=C(c2cc(Cl)c3c(c2)CCc2nnc(C)n2-3)CN(C)C=C1Cl. The van der Waals surface area contributed by atoms with Gasteiger partial charge in [-0.05, 0) is 54.7 Å². The Morgan fingerprint density at radius 2 is 1.88 bits per heavy atom. The molecule has 3 heterocycles. The summed E-state index contributed by atoms with van der Waals surface area (Å²) >= 11 is 13.1. The highest BCUT2D eigenvalue weighted by molar-refractivity contribution is 6.33. The van der Waals surface area contributed by atoms with Crippen LogP contribution in [0.2, 0.25) is 5.02 Å². The van der Waals surface area contributed by atoms with E-state index in [9.17, 15) is 0 Å². The second-order valence-electron chi connectivity index (χ2n) is 6.46. The van der Waals surface area contributed by atoms with Gasteiger partial charge < -0.3 is 4.90 Å². The average molecular weight is 361 g/mol. The number of nitrogens with zero attached hydrogens (tertiary/aromatic N) is 4. The van der Waals surface area contributed by atoms with Gasteiger partial charge in [0.1, 0.15) is 11.6 Å². The first-order valence-corrected chi connectivity index (χ1v) is 8.73. The third kappa shape index (κ3) is 2.36. The fraction of sp³-hybridized carbons (Fsp3) is 0.333. The number of likely N-dealkylation sites (N-methyl/N-ethyl adjacent to an activating group) is 1. The van der Waals surface area contributed by atoms with Crippen LogP contribution >= 0.6 is 23.2 Å². The molecule has 0 saturated carbocycles. The van der Waals surface area contributed by atoms with Crippen molar-refractivity contribution in [3.8, 4) is 5.69 Å². The first-order chi connectivity index (χ1) is 11.5. The van der Waals surface area contributed by atoms with Crippen LogP contribution < -0.4 is 0 Å². The second kappa shape index (κ2) is 5.64. The number of allylic oxidation sites excluding steroid dienone is 2. The summed E-state index contributed by atoms with van der Waals surface area (Å²) in [5.74, 6) is 1.85. The van der Waals surface area contributed by atoms with E-state index in [4.69, 9.17) is 23.2 Å². The molecule has 1 aromatic heterocycles. The summed E-state index contributed by atoms with van der Waals surface area (Å²) < 4.78 is 2.08. The molecule has 0 spiro atoms. The maximum absolute atomic E-state index is 6.68. The minimum atomic E-state index is 0.736. The van der Waals surface area contributed by atoms with Gasteiger partial charge in [-0.15, -0.1) is 10.2 Å². The van der Waals surface area contributed by atoms with E-state index < -0.39 is 0 Å².